The third-order valence-corrected chi connectivity index (χ3v) is 3.96. The quantitative estimate of drug-likeness (QED) is 0.262. The van der Waals surface area contributed by atoms with E-state index in [1.165, 1.54) is 12.1 Å². The summed E-state index contributed by atoms with van der Waals surface area (Å²) in [6.07, 6.45) is 0. The first-order valence-electron chi connectivity index (χ1n) is 8.45. The molecule has 30 heavy (non-hydrogen) atoms. The molecule has 0 bridgehead atoms. The molecule has 2 amide bonds. The molecular weight excluding hydrogens is 408 g/mol. The first-order valence-corrected chi connectivity index (χ1v) is 8.45. The van der Waals surface area contributed by atoms with Crippen LogP contribution in [0, 0.1) is 10.8 Å². The van der Waals surface area contributed by atoms with E-state index in [1.807, 2.05) is 0 Å². The maximum Gasteiger partial charge on any atom is 0.291 e. The van der Waals surface area contributed by atoms with Crippen LogP contribution >= 0.6 is 12.4 Å². The van der Waals surface area contributed by atoms with Gasteiger partial charge in [-0.05, 0) is 60.7 Å². The van der Waals surface area contributed by atoms with Crippen molar-refractivity contribution in [3.05, 3.63) is 83.3 Å². The maximum absolute atomic E-state index is 12.3. The molecule has 0 atom stereocenters. The van der Waals surface area contributed by atoms with Crippen LogP contribution < -0.4 is 22.1 Å². The minimum atomic E-state index is -0.523. The molecule has 0 aliphatic rings. The number of nitrogens with two attached hydrogens (primary N) is 2. The second kappa shape index (κ2) is 9.39. The lowest BCUT2D eigenvalue weighted by molar-refractivity contribution is 0.0974. The topological polar surface area (TPSA) is 171 Å². The van der Waals surface area contributed by atoms with Gasteiger partial charge in [0, 0.05) is 22.5 Å². The van der Waals surface area contributed by atoms with E-state index in [2.05, 4.69) is 10.6 Å². The van der Waals surface area contributed by atoms with Crippen LogP contribution in [0.5, 0.6) is 0 Å². The molecule has 0 radical (unpaired) electrons. The van der Waals surface area contributed by atoms with Gasteiger partial charge in [-0.15, -0.1) is 12.4 Å². The number of carbonyl (C=O) groups excluding carboxylic acids is 2. The van der Waals surface area contributed by atoms with Crippen molar-refractivity contribution in [2.24, 2.45) is 11.5 Å². The fraction of sp³-hybridized carbons (Fsp3) is 0. The number of furan rings is 1. The zero-order chi connectivity index (χ0) is 21.0. The Morgan fingerprint density at radius 2 is 1.00 bits per heavy atom. The van der Waals surface area contributed by atoms with E-state index in [0.29, 0.717) is 22.5 Å². The van der Waals surface area contributed by atoms with Crippen LogP contribution in [0.4, 0.5) is 11.4 Å². The molecule has 1 aromatic heterocycles. The van der Waals surface area contributed by atoms with E-state index in [1.54, 1.807) is 48.5 Å². The summed E-state index contributed by atoms with van der Waals surface area (Å²) in [5, 5.41) is 20.0. The van der Waals surface area contributed by atoms with Crippen molar-refractivity contribution in [3.63, 3.8) is 0 Å². The smallest absolute Gasteiger partial charge is 0.291 e. The van der Waals surface area contributed by atoms with Gasteiger partial charge in [0.1, 0.15) is 11.7 Å². The van der Waals surface area contributed by atoms with Gasteiger partial charge in [-0.3, -0.25) is 20.4 Å². The molecule has 3 aromatic rings. The predicted molar refractivity (Wildman–Crippen MR) is 117 cm³/mol. The summed E-state index contributed by atoms with van der Waals surface area (Å²) in [6.45, 7) is 0. The molecule has 0 aliphatic carbocycles. The second-order valence-corrected chi connectivity index (χ2v) is 6.05. The van der Waals surface area contributed by atoms with Crippen LogP contribution in [0.15, 0.2) is 65.1 Å². The highest BCUT2D eigenvalue weighted by Gasteiger charge is 2.16. The van der Waals surface area contributed by atoms with Crippen molar-refractivity contribution in [2.45, 2.75) is 0 Å². The number of amides is 2. The highest BCUT2D eigenvalue weighted by Crippen LogP contribution is 2.16. The van der Waals surface area contributed by atoms with Gasteiger partial charge < -0.3 is 26.5 Å². The molecule has 3 rings (SSSR count). The van der Waals surface area contributed by atoms with Gasteiger partial charge >= 0.3 is 0 Å². The van der Waals surface area contributed by atoms with Gasteiger partial charge in [0.15, 0.2) is 11.5 Å². The van der Waals surface area contributed by atoms with E-state index in [9.17, 15) is 9.59 Å². The van der Waals surface area contributed by atoms with Crippen molar-refractivity contribution in [3.8, 4) is 0 Å². The summed E-state index contributed by atoms with van der Waals surface area (Å²) >= 11 is 0. The van der Waals surface area contributed by atoms with Crippen molar-refractivity contribution in [2.75, 3.05) is 10.6 Å². The lowest BCUT2D eigenvalue weighted by Crippen LogP contribution is -2.14. The van der Waals surface area contributed by atoms with Crippen LogP contribution in [0.1, 0.15) is 32.2 Å². The molecule has 0 unspecified atom stereocenters. The lowest BCUT2D eigenvalue weighted by atomic mass is 10.2. The normalized spacial score (nSPS) is 9.87. The Balaban J connectivity index is 0.00000320. The minimum Gasteiger partial charge on any atom is -0.446 e. The molecule has 154 valence electrons. The second-order valence-electron chi connectivity index (χ2n) is 6.05. The van der Waals surface area contributed by atoms with Gasteiger partial charge in [-0.25, -0.2) is 0 Å². The molecular formula is C20H19ClN6O3. The molecule has 0 spiro atoms. The van der Waals surface area contributed by atoms with E-state index in [-0.39, 0.29) is 35.6 Å². The number of nitrogen functional groups attached to an aromatic ring is 2. The van der Waals surface area contributed by atoms with E-state index >= 15 is 0 Å². The number of halogens is 1. The summed E-state index contributed by atoms with van der Waals surface area (Å²) in [5.74, 6) is -1.24. The van der Waals surface area contributed by atoms with Crippen LogP contribution in [-0.2, 0) is 0 Å². The minimum absolute atomic E-state index is 0. The Morgan fingerprint density at radius 1 is 0.667 bits per heavy atom. The monoisotopic (exact) mass is 426 g/mol. The third-order valence-electron chi connectivity index (χ3n) is 3.96. The number of rotatable bonds is 6. The fourth-order valence-electron chi connectivity index (χ4n) is 2.43. The number of benzene rings is 2. The molecule has 1 heterocycles. The van der Waals surface area contributed by atoms with Crippen molar-refractivity contribution in [1.29, 1.82) is 10.8 Å². The van der Waals surface area contributed by atoms with Crippen molar-refractivity contribution >= 4 is 47.3 Å². The summed E-state index contributed by atoms with van der Waals surface area (Å²) in [4.78, 5) is 24.6. The molecule has 2 aromatic carbocycles. The number of amidine groups is 2. The highest BCUT2D eigenvalue weighted by molar-refractivity contribution is 6.06. The Hall–Kier alpha value is -4.11. The van der Waals surface area contributed by atoms with Gasteiger partial charge in [0.25, 0.3) is 11.8 Å². The van der Waals surface area contributed by atoms with E-state index in [0.717, 1.165) is 0 Å². The van der Waals surface area contributed by atoms with Crippen LogP contribution in [-0.4, -0.2) is 23.5 Å². The number of hydrogen-bond acceptors (Lipinski definition) is 5. The number of carbonyl (C=O) groups is 2. The summed E-state index contributed by atoms with van der Waals surface area (Å²) in [5.41, 5.74) is 12.8. The zero-order valence-corrected chi connectivity index (χ0v) is 16.4. The van der Waals surface area contributed by atoms with Gasteiger partial charge in [-0.2, -0.15) is 0 Å². The molecule has 10 heteroatoms. The lowest BCUT2D eigenvalue weighted by Gasteiger charge is -2.05. The summed E-state index contributed by atoms with van der Waals surface area (Å²) < 4.78 is 5.34. The maximum atomic E-state index is 12.3. The van der Waals surface area contributed by atoms with Gasteiger partial charge in [-0.1, -0.05) is 0 Å². The average molecular weight is 427 g/mol. The molecule has 0 fully saturated rings. The third kappa shape index (κ3) is 5.24. The Kier molecular flexibility index (Phi) is 6.94. The average Bonchev–Trinajstić information content (AvgIpc) is 3.19. The molecule has 0 saturated heterocycles. The zero-order valence-electron chi connectivity index (χ0n) is 15.6. The van der Waals surface area contributed by atoms with Gasteiger partial charge in [0.05, 0.1) is 0 Å². The first kappa shape index (κ1) is 22.2. The number of anilines is 2. The molecule has 0 saturated carbocycles. The fourth-order valence-corrected chi connectivity index (χ4v) is 2.43. The molecule has 8 N–H and O–H groups in total. The highest BCUT2D eigenvalue weighted by atomic mass is 35.5. The SMILES string of the molecule is Cl.N=C(N)c1ccc(NC(=O)c2ccc(C(=O)Nc3ccc(C(=N)N)cc3)o2)cc1. The predicted octanol–water partition coefficient (Wildman–Crippen LogP) is 2.77. The summed E-state index contributed by atoms with van der Waals surface area (Å²) in [6, 6.07) is 15.6. The largest absolute Gasteiger partial charge is 0.446 e. The summed E-state index contributed by atoms with van der Waals surface area (Å²) in [7, 11) is 0. The Morgan fingerprint density at radius 3 is 1.30 bits per heavy atom. The molecule has 0 aliphatic heterocycles. The van der Waals surface area contributed by atoms with E-state index in [4.69, 9.17) is 26.7 Å². The van der Waals surface area contributed by atoms with Crippen molar-refractivity contribution in [1.82, 2.24) is 0 Å². The Labute approximate surface area is 177 Å². The first-order chi connectivity index (χ1) is 13.8. The van der Waals surface area contributed by atoms with Crippen LogP contribution in [0.25, 0.3) is 0 Å². The Bertz CT molecular complexity index is 1000. The number of nitrogens with one attached hydrogen (secondary N) is 4. The molecule has 9 nitrogen and oxygen atoms in total. The van der Waals surface area contributed by atoms with Gasteiger partial charge in [0.2, 0.25) is 0 Å². The van der Waals surface area contributed by atoms with Crippen LogP contribution in [0.3, 0.4) is 0 Å². The van der Waals surface area contributed by atoms with Crippen LogP contribution in [0.2, 0.25) is 0 Å². The number of hydrogen-bond donors (Lipinski definition) is 6. The van der Waals surface area contributed by atoms with Crippen molar-refractivity contribution < 1.29 is 14.0 Å². The standard InChI is InChI=1S/C20H18N6O3.ClH/c21-17(22)11-1-5-13(6-2-11)25-19(27)15-9-10-16(29-15)20(28)26-14-7-3-12(4-8-14)18(23)24;/h1-10H,(H3,21,22)(H3,23,24)(H,25,27)(H,26,28);1H. The van der Waals surface area contributed by atoms with E-state index < -0.39 is 11.8 Å².